The van der Waals surface area contributed by atoms with Gasteiger partial charge in [0, 0.05) is 14.1 Å². The summed E-state index contributed by atoms with van der Waals surface area (Å²) in [6, 6.07) is 0. The third-order valence-electron chi connectivity index (χ3n) is 1.63. The molecule has 0 fully saturated rings. The van der Waals surface area contributed by atoms with Gasteiger partial charge in [0.1, 0.15) is 0 Å². The molecular formula is C7H10ClN3O3S2. The summed E-state index contributed by atoms with van der Waals surface area (Å²) in [5.41, 5.74) is 0. The maximum Gasteiger partial charge on any atom is 0.252 e. The molecule has 1 amide bonds. The van der Waals surface area contributed by atoms with E-state index in [1.807, 2.05) is 0 Å². The maximum absolute atomic E-state index is 11.6. The second-order valence-corrected chi connectivity index (χ2v) is 6.65. The molecule has 1 aromatic heterocycles. The zero-order valence-electron chi connectivity index (χ0n) is 8.60. The fourth-order valence-corrected chi connectivity index (χ4v) is 3.06. The smallest absolute Gasteiger partial charge is 0.252 e. The van der Waals surface area contributed by atoms with E-state index in [9.17, 15) is 13.2 Å². The van der Waals surface area contributed by atoms with Gasteiger partial charge in [-0.25, -0.2) is 18.1 Å². The van der Waals surface area contributed by atoms with Crippen LogP contribution in [-0.2, 0) is 14.8 Å². The molecule has 0 saturated heterocycles. The predicted octanol–water partition coefficient (Wildman–Crippen LogP) is 0.163. The molecular weight excluding hydrogens is 274 g/mol. The van der Waals surface area contributed by atoms with Gasteiger partial charge in [0.05, 0.1) is 12.7 Å². The van der Waals surface area contributed by atoms with Crippen LogP contribution in [0.15, 0.2) is 10.4 Å². The van der Waals surface area contributed by atoms with Crippen LogP contribution in [0.1, 0.15) is 0 Å². The number of carbonyl (C=O) groups is 1. The third kappa shape index (κ3) is 3.41. The molecule has 1 rings (SSSR count). The second-order valence-electron chi connectivity index (χ2n) is 3.04. The van der Waals surface area contributed by atoms with Crippen LogP contribution in [0.4, 0.5) is 0 Å². The summed E-state index contributed by atoms with van der Waals surface area (Å²) in [6.07, 6.45) is 1.15. The molecule has 0 aliphatic rings. The lowest BCUT2D eigenvalue weighted by atomic mass is 10.6. The first-order valence-electron chi connectivity index (χ1n) is 4.14. The number of rotatable bonds is 4. The molecule has 0 unspecified atom stereocenters. The molecule has 1 heterocycles. The Labute approximate surface area is 102 Å². The number of hydrogen-bond donors (Lipinski definition) is 1. The van der Waals surface area contributed by atoms with Crippen LogP contribution in [0, 0.1) is 0 Å². The van der Waals surface area contributed by atoms with Crippen molar-refractivity contribution in [3.05, 3.63) is 10.7 Å². The quantitative estimate of drug-likeness (QED) is 0.854. The Morgan fingerprint density at radius 1 is 1.62 bits per heavy atom. The minimum Gasteiger partial charge on any atom is -0.348 e. The number of amides is 1. The molecule has 0 aliphatic carbocycles. The van der Waals surface area contributed by atoms with Crippen LogP contribution in [0.2, 0.25) is 4.47 Å². The molecule has 90 valence electrons. The lowest BCUT2D eigenvalue weighted by molar-refractivity contribution is -0.127. The molecule has 0 saturated carbocycles. The van der Waals surface area contributed by atoms with Gasteiger partial charge < -0.3 is 4.90 Å². The van der Waals surface area contributed by atoms with Gasteiger partial charge in [0.25, 0.3) is 10.0 Å². The maximum atomic E-state index is 11.6. The van der Waals surface area contributed by atoms with Gasteiger partial charge >= 0.3 is 0 Å². The van der Waals surface area contributed by atoms with E-state index in [1.165, 1.54) is 4.90 Å². The molecule has 0 spiro atoms. The number of hydrogen-bond acceptors (Lipinski definition) is 5. The molecule has 1 N–H and O–H groups in total. The summed E-state index contributed by atoms with van der Waals surface area (Å²) < 4.78 is 25.5. The fraction of sp³-hybridized carbons (Fsp3) is 0.429. The van der Waals surface area contributed by atoms with E-state index in [0.29, 0.717) is 0 Å². The van der Waals surface area contributed by atoms with Crippen molar-refractivity contribution in [3.63, 3.8) is 0 Å². The Kier molecular flexibility index (Phi) is 4.25. The molecule has 0 aliphatic heterocycles. The Morgan fingerprint density at radius 2 is 2.25 bits per heavy atom. The minimum absolute atomic E-state index is 0.0101. The van der Waals surface area contributed by atoms with Crippen LogP contribution in [-0.4, -0.2) is 44.8 Å². The van der Waals surface area contributed by atoms with E-state index in [2.05, 4.69) is 9.71 Å². The van der Waals surface area contributed by atoms with Crippen molar-refractivity contribution in [1.82, 2.24) is 14.6 Å². The van der Waals surface area contributed by atoms with Crippen molar-refractivity contribution in [2.24, 2.45) is 0 Å². The van der Waals surface area contributed by atoms with Gasteiger partial charge in [-0.2, -0.15) is 0 Å². The summed E-state index contributed by atoms with van der Waals surface area (Å²) in [7, 11) is -0.610. The first-order chi connectivity index (χ1) is 7.33. The zero-order chi connectivity index (χ0) is 12.3. The van der Waals surface area contributed by atoms with Crippen molar-refractivity contribution in [2.45, 2.75) is 4.21 Å². The molecule has 0 bridgehead atoms. The van der Waals surface area contributed by atoms with Gasteiger partial charge in [0.2, 0.25) is 5.91 Å². The SMILES string of the molecule is CN(C)C(=O)CNS(=O)(=O)c1cnc(Cl)s1. The number of halogens is 1. The molecule has 0 radical (unpaired) electrons. The van der Waals surface area contributed by atoms with Gasteiger partial charge in [-0.1, -0.05) is 22.9 Å². The summed E-state index contributed by atoms with van der Waals surface area (Å²) in [5.74, 6) is -0.334. The molecule has 1 aromatic rings. The fourth-order valence-electron chi connectivity index (χ4n) is 0.749. The van der Waals surface area contributed by atoms with Crippen molar-refractivity contribution in [2.75, 3.05) is 20.6 Å². The van der Waals surface area contributed by atoms with Crippen LogP contribution in [0.25, 0.3) is 0 Å². The first-order valence-corrected chi connectivity index (χ1v) is 6.82. The Morgan fingerprint density at radius 3 is 2.69 bits per heavy atom. The topological polar surface area (TPSA) is 79.4 Å². The second kappa shape index (κ2) is 5.09. The lowest BCUT2D eigenvalue weighted by Crippen LogP contribution is -2.35. The normalized spacial score (nSPS) is 11.4. The van der Waals surface area contributed by atoms with E-state index < -0.39 is 10.0 Å². The highest BCUT2D eigenvalue weighted by atomic mass is 35.5. The summed E-state index contributed by atoms with van der Waals surface area (Å²) >= 11 is 6.35. The number of likely N-dealkylation sites (N-methyl/N-ethyl adjacent to an activating group) is 1. The van der Waals surface area contributed by atoms with Crippen molar-refractivity contribution >= 4 is 38.9 Å². The zero-order valence-corrected chi connectivity index (χ0v) is 11.0. The van der Waals surface area contributed by atoms with E-state index in [-0.39, 0.29) is 21.1 Å². The average molecular weight is 284 g/mol. The standard InChI is InChI=1S/C7H10ClN3O3S2/c1-11(2)5(12)3-10-16(13,14)6-4-9-7(8)15-6/h4,10H,3H2,1-2H3. The average Bonchev–Trinajstić information content (AvgIpc) is 2.61. The highest BCUT2D eigenvalue weighted by molar-refractivity contribution is 7.91. The molecule has 16 heavy (non-hydrogen) atoms. The molecule has 0 atom stereocenters. The van der Waals surface area contributed by atoms with Crippen molar-refractivity contribution in [1.29, 1.82) is 0 Å². The first kappa shape index (κ1) is 13.4. The third-order valence-corrected chi connectivity index (χ3v) is 4.61. The number of sulfonamides is 1. The van der Waals surface area contributed by atoms with Crippen molar-refractivity contribution < 1.29 is 13.2 Å². The van der Waals surface area contributed by atoms with E-state index in [1.54, 1.807) is 14.1 Å². The van der Waals surface area contributed by atoms with E-state index in [4.69, 9.17) is 11.6 Å². The minimum atomic E-state index is -3.69. The van der Waals surface area contributed by atoms with E-state index in [0.717, 1.165) is 17.5 Å². The summed E-state index contributed by atoms with van der Waals surface area (Å²) in [5, 5.41) is 0. The molecule has 6 nitrogen and oxygen atoms in total. The predicted molar refractivity (Wildman–Crippen MR) is 61.0 cm³/mol. The Bertz CT molecular complexity index is 483. The molecule has 9 heteroatoms. The van der Waals surface area contributed by atoms with Gasteiger partial charge in [0.15, 0.2) is 8.68 Å². The number of thiazole rings is 1. The van der Waals surface area contributed by atoms with E-state index >= 15 is 0 Å². The highest BCUT2D eigenvalue weighted by Gasteiger charge is 2.18. The summed E-state index contributed by atoms with van der Waals surface area (Å²) in [6.45, 7) is -0.287. The number of nitrogens with zero attached hydrogens (tertiary/aromatic N) is 2. The highest BCUT2D eigenvalue weighted by Crippen LogP contribution is 2.21. The largest absolute Gasteiger partial charge is 0.348 e. The monoisotopic (exact) mass is 283 g/mol. The van der Waals surface area contributed by atoms with Crippen molar-refractivity contribution in [3.8, 4) is 0 Å². The lowest BCUT2D eigenvalue weighted by Gasteiger charge is -2.10. The summed E-state index contributed by atoms with van der Waals surface area (Å²) in [4.78, 5) is 16.1. The van der Waals surface area contributed by atoms with Crippen LogP contribution in [0.5, 0.6) is 0 Å². The Hall–Kier alpha value is -0.700. The number of nitrogens with one attached hydrogen (secondary N) is 1. The molecule has 0 aromatic carbocycles. The van der Waals surface area contributed by atoms with Crippen LogP contribution < -0.4 is 4.72 Å². The van der Waals surface area contributed by atoms with Gasteiger partial charge in [-0.3, -0.25) is 4.79 Å². The van der Waals surface area contributed by atoms with Crippen LogP contribution >= 0.6 is 22.9 Å². The van der Waals surface area contributed by atoms with Crippen LogP contribution in [0.3, 0.4) is 0 Å². The number of aromatic nitrogens is 1. The van der Waals surface area contributed by atoms with Gasteiger partial charge in [-0.15, -0.1) is 0 Å². The van der Waals surface area contributed by atoms with Gasteiger partial charge in [-0.05, 0) is 0 Å². The Balaban J connectivity index is 2.70. The number of carbonyl (C=O) groups excluding carboxylic acids is 1.